The highest BCUT2D eigenvalue weighted by atomic mass is 35.6. The lowest BCUT2D eigenvalue weighted by molar-refractivity contribution is 0.151. The standard InChI is InChI=1S/C19H39ClOSi/c1-19(2)18-21-16-14-12-10-8-6-5-7-9-11-13-15-17-22(3,4)20/h1,5-18H2,2-4H3. The van der Waals surface area contributed by atoms with Gasteiger partial charge in [-0.3, -0.25) is 0 Å². The fourth-order valence-electron chi connectivity index (χ4n) is 2.59. The van der Waals surface area contributed by atoms with Crippen LogP contribution in [-0.2, 0) is 4.74 Å². The third kappa shape index (κ3) is 20.2. The van der Waals surface area contributed by atoms with Gasteiger partial charge in [-0.05, 0) is 19.4 Å². The second-order valence-corrected chi connectivity index (χ2v) is 14.4. The van der Waals surface area contributed by atoms with Gasteiger partial charge in [0.05, 0.1) is 6.61 Å². The zero-order valence-corrected chi connectivity index (χ0v) is 17.1. The SMILES string of the molecule is C=C(C)COCCCCCCCCCCCCC[Si](C)(C)Cl. The molecular weight excluding hydrogens is 308 g/mol. The van der Waals surface area contributed by atoms with E-state index in [1.54, 1.807) is 0 Å². The van der Waals surface area contributed by atoms with E-state index in [0.717, 1.165) is 18.8 Å². The molecule has 0 rings (SSSR count). The maximum Gasteiger partial charge on any atom is 0.150 e. The summed E-state index contributed by atoms with van der Waals surface area (Å²) in [5.41, 5.74) is 1.12. The van der Waals surface area contributed by atoms with Gasteiger partial charge in [0, 0.05) is 6.61 Å². The molecule has 0 aromatic carbocycles. The van der Waals surface area contributed by atoms with E-state index < -0.39 is 7.38 Å². The summed E-state index contributed by atoms with van der Waals surface area (Å²) < 4.78 is 5.50. The molecule has 0 saturated heterocycles. The Hall–Kier alpha value is 0.207. The van der Waals surface area contributed by atoms with Crippen molar-refractivity contribution in [2.24, 2.45) is 0 Å². The summed E-state index contributed by atoms with van der Waals surface area (Å²) in [4.78, 5) is 0. The van der Waals surface area contributed by atoms with Crippen LogP contribution < -0.4 is 0 Å². The molecular formula is C19H39ClOSi. The number of hydrogen-bond acceptors (Lipinski definition) is 1. The van der Waals surface area contributed by atoms with Crippen molar-refractivity contribution >= 4 is 18.5 Å². The Morgan fingerprint density at radius 2 is 1.23 bits per heavy atom. The fourth-order valence-corrected chi connectivity index (χ4v) is 4.08. The first-order chi connectivity index (χ1) is 10.4. The van der Waals surface area contributed by atoms with Crippen LogP contribution in [0.15, 0.2) is 12.2 Å². The van der Waals surface area contributed by atoms with Gasteiger partial charge in [0.15, 0.2) is 0 Å². The van der Waals surface area contributed by atoms with Crippen molar-refractivity contribution in [3.8, 4) is 0 Å². The summed E-state index contributed by atoms with van der Waals surface area (Å²) >= 11 is 6.33. The van der Waals surface area contributed by atoms with E-state index in [1.165, 1.54) is 76.7 Å². The van der Waals surface area contributed by atoms with E-state index in [4.69, 9.17) is 15.8 Å². The Bertz CT molecular complexity index is 261. The summed E-state index contributed by atoms with van der Waals surface area (Å²) in [6.45, 7) is 12.0. The molecule has 0 fully saturated rings. The van der Waals surface area contributed by atoms with E-state index in [0.29, 0.717) is 0 Å². The van der Waals surface area contributed by atoms with Gasteiger partial charge >= 0.3 is 0 Å². The minimum Gasteiger partial charge on any atom is -0.377 e. The molecule has 1 nitrogen and oxygen atoms in total. The van der Waals surface area contributed by atoms with Crippen LogP contribution in [0.2, 0.25) is 19.1 Å². The second kappa shape index (κ2) is 14.8. The molecule has 0 aromatic heterocycles. The number of rotatable bonds is 16. The van der Waals surface area contributed by atoms with Gasteiger partial charge in [-0.15, -0.1) is 0 Å². The quantitative estimate of drug-likeness (QED) is 0.123. The zero-order valence-electron chi connectivity index (χ0n) is 15.4. The molecule has 0 aliphatic carbocycles. The van der Waals surface area contributed by atoms with Crippen molar-refractivity contribution in [3.63, 3.8) is 0 Å². The summed E-state index contributed by atoms with van der Waals surface area (Å²) in [7, 11) is -1.31. The summed E-state index contributed by atoms with van der Waals surface area (Å²) in [6, 6.07) is 1.28. The van der Waals surface area contributed by atoms with Crippen LogP contribution in [0.4, 0.5) is 0 Å². The van der Waals surface area contributed by atoms with E-state index >= 15 is 0 Å². The number of halogens is 1. The van der Waals surface area contributed by atoms with Gasteiger partial charge in [-0.1, -0.05) is 89.5 Å². The van der Waals surface area contributed by atoms with Gasteiger partial charge in [-0.2, -0.15) is 11.1 Å². The molecule has 22 heavy (non-hydrogen) atoms. The highest BCUT2D eigenvalue weighted by molar-refractivity contribution is 7.19. The molecule has 0 aliphatic rings. The Kier molecular flexibility index (Phi) is 14.9. The van der Waals surface area contributed by atoms with Gasteiger partial charge in [0.1, 0.15) is 7.38 Å². The lowest BCUT2D eigenvalue weighted by Gasteiger charge is -2.11. The van der Waals surface area contributed by atoms with Crippen molar-refractivity contribution in [1.82, 2.24) is 0 Å². The van der Waals surface area contributed by atoms with Crippen molar-refractivity contribution in [1.29, 1.82) is 0 Å². The number of unbranched alkanes of at least 4 members (excludes halogenated alkanes) is 10. The molecule has 3 heteroatoms. The van der Waals surface area contributed by atoms with Crippen LogP contribution >= 0.6 is 11.1 Å². The molecule has 0 amide bonds. The second-order valence-electron chi connectivity index (χ2n) is 7.37. The highest BCUT2D eigenvalue weighted by Crippen LogP contribution is 2.19. The first-order valence-electron chi connectivity index (χ1n) is 9.33. The van der Waals surface area contributed by atoms with Crippen LogP contribution in [-0.4, -0.2) is 20.6 Å². The average molecular weight is 347 g/mol. The van der Waals surface area contributed by atoms with Crippen molar-refractivity contribution in [2.45, 2.75) is 96.7 Å². The minimum absolute atomic E-state index is 0.727. The monoisotopic (exact) mass is 346 g/mol. The fraction of sp³-hybridized carbons (Fsp3) is 0.895. The Morgan fingerprint density at radius 3 is 1.64 bits per heavy atom. The molecule has 0 spiro atoms. The van der Waals surface area contributed by atoms with Crippen LogP contribution in [0.3, 0.4) is 0 Å². The smallest absolute Gasteiger partial charge is 0.150 e. The van der Waals surface area contributed by atoms with Crippen LogP contribution in [0.5, 0.6) is 0 Å². The van der Waals surface area contributed by atoms with Crippen LogP contribution in [0.25, 0.3) is 0 Å². The van der Waals surface area contributed by atoms with Crippen molar-refractivity contribution < 1.29 is 4.74 Å². The first-order valence-corrected chi connectivity index (χ1v) is 13.5. The largest absolute Gasteiger partial charge is 0.377 e. The molecule has 132 valence electrons. The predicted octanol–water partition coefficient (Wildman–Crippen LogP) is 7.31. The Balaban J connectivity index is 3.04. The first kappa shape index (κ1) is 22.2. The van der Waals surface area contributed by atoms with Gasteiger partial charge in [-0.25, -0.2) is 0 Å². The van der Waals surface area contributed by atoms with E-state index in [-0.39, 0.29) is 0 Å². The van der Waals surface area contributed by atoms with Crippen molar-refractivity contribution in [3.05, 3.63) is 12.2 Å². The maximum atomic E-state index is 6.33. The summed E-state index contributed by atoms with van der Waals surface area (Å²) in [6.07, 6.45) is 15.1. The van der Waals surface area contributed by atoms with Gasteiger partial charge < -0.3 is 4.74 Å². The van der Waals surface area contributed by atoms with Crippen molar-refractivity contribution in [2.75, 3.05) is 13.2 Å². The number of ether oxygens (including phenoxy) is 1. The lowest BCUT2D eigenvalue weighted by Crippen LogP contribution is -2.14. The van der Waals surface area contributed by atoms with Gasteiger partial charge in [0.2, 0.25) is 0 Å². The number of hydrogen-bond donors (Lipinski definition) is 0. The average Bonchev–Trinajstić information content (AvgIpc) is 2.41. The Labute approximate surface area is 145 Å². The molecule has 0 radical (unpaired) electrons. The van der Waals surface area contributed by atoms with E-state index in [9.17, 15) is 0 Å². The molecule has 0 atom stereocenters. The molecule has 0 bridgehead atoms. The van der Waals surface area contributed by atoms with Gasteiger partial charge in [0.25, 0.3) is 0 Å². The van der Waals surface area contributed by atoms with Crippen LogP contribution in [0.1, 0.15) is 77.6 Å². The molecule has 0 heterocycles. The third-order valence-corrected chi connectivity index (χ3v) is 6.02. The van der Waals surface area contributed by atoms with E-state index in [1.807, 2.05) is 6.92 Å². The third-order valence-electron chi connectivity index (χ3n) is 3.91. The summed E-state index contributed by atoms with van der Waals surface area (Å²) in [5.74, 6) is 0. The van der Waals surface area contributed by atoms with E-state index in [2.05, 4.69) is 19.7 Å². The predicted molar refractivity (Wildman–Crippen MR) is 105 cm³/mol. The summed E-state index contributed by atoms with van der Waals surface area (Å²) in [5, 5.41) is 0. The Morgan fingerprint density at radius 1 is 0.818 bits per heavy atom. The zero-order chi connectivity index (χ0) is 16.7. The highest BCUT2D eigenvalue weighted by Gasteiger charge is 2.15. The molecule has 0 aliphatic heterocycles. The molecule has 0 saturated carbocycles. The minimum atomic E-state index is -1.31. The topological polar surface area (TPSA) is 9.23 Å². The lowest BCUT2D eigenvalue weighted by atomic mass is 10.1. The molecule has 0 aromatic rings. The van der Waals surface area contributed by atoms with Crippen LogP contribution in [0, 0.1) is 0 Å². The molecule has 0 N–H and O–H groups in total. The normalized spacial score (nSPS) is 11.8. The maximum absolute atomic E-state index is 6.33. The molecule has 0 unspecified atom stereocenters.